The van der Waals surface area contributed by atoms with Gasteiger partial charge in [0.05, 0.1) is 27.8 Å². The molecule has 2 N–H and O–H groups in total. The van der Waals surface area contributed by atoms with Crippen molar-refractivity contribution in [3.63, 3.8) is 0 Å². The average Bonchev–Trinajstić information content (AvgIpc) is 3.25. The summed E-state index contributed by atoms with van der Waals surface area (Å²) >= 11 is 6.55. The normalized spacial score (nSPS) is 14.7. The van der Waals surface area contributed by atoms with Crippen LogP contribution in [0, 0.1) is 5.92 Å². The third-order valence-electron chi connectivity index (χ3n) is 6.48. The predicted octanol–water partition coefficient (Wildman–Crippen LogP) is 4.32. The lowest BCUT2D eigenvalue weighted by atomic mass is 9.87. The van der Waals surface area contributed by atoms with Gasteiger partial charge in [-0.1, -0.05) is 49.8 Å². The highest BCUT2D eigenvalue weighted by Crippen LogP contribution is 2.28. The quantitative estimate of drug-likeness (QED) is 0.445. The van der Waals surface area contributed by atoms with Crippen LogP contribution in [0.15, 0.2) is 47.5 Å². The Morgan fingerprint density at radius 3 is 2.79 bits per heavy atom. The maximum atomic E-state index is 12.8. The molecule has 7 nitrogen and oxygen atoms in total. The molecular weight excluding hydrogens is 438 g/mol. The van der Waals surface area contributed by atoms with Crippen molar-refractivity contribution < 1.29 is 4.79 Å². The Bertz CT molecular complexity index is 1360. The lowest BCUT2D eigenvalue weighted by molar-refractivity contribution is 0.0954. The maximum Gasteiger partial charge on any atom is 0.274 e. The van der Waals surface area contributed by atoms with Crippen LogP contribution in [0.2, 0.25) is 5.02 Å². The van der Waals surface area contributed by atoms with Crippen molar-refractivity contribution in [2.24, 2.45) is 5.92 Å². The minimum absolute atomic E-state index is 0.228. The summed E-state index contributed by atoms with van der Waals surface area (Å²) in [5.41, 5.74) is 2.82. The van der Waals surface area contributed by atoms with Crippen molar-refractivity contribution in [2.75, 3.05) is 6.54 Å². The molecule has 1 aliphatic carbocycles. The second kappa shape index (κ2) is 9.35. The van der Waals surface area contributed by atoms with Crippen LogP contribution in [0.3, 0.4) is 0 Å². The van der Waals surface area contributed by atoms with Crippen molar-refractivity contribution in [1.29, 1.82) is 0 Å². The van der Waals surface area contributed by atoms with Crippen LogP contribution in [-0.4, -0.2) is 31.8 Å². The fourth-order valence-electron chi connectivity index (χ4n) is 4.77. The molecule has 3 aromatic heterocycles. The van der Waals surface area contributed by atoms with Gasteiger partial charge in [0.2, 0.25) is 0 Å². The Balaban J connectivity index is 1.44. The van der Waals surface area contributed by atoms with Gasteiger partial charge in [-0.15, -0.1) is 0 Å². The molecule has 1 fully saturated rings. The van der Waals surface area contributed by atoms with Gasteiger partial charge in [0.1, 0.15) is 11.3 Å². The van der Waals surface area contributed by atoms with Gasteiger partial charge in [0, 0.05) is 31.3 Å². The SMILES string of the molecule is O=C(NCCc1ccccn1)c1cc2[nH]c(=O)c3cnc(CC4CCCCC4)n3c2cc1Cl. The topological polar surface area (TPSA) is 92.1 Å². The molecule has 0 bridgehead atoms. The number of carbonyl (C=O) groups excluding carboxylic acids is 1. The summed E-state index contributed by atoms with van der Waals surface area (Å²) in [6, 6.07) is 9.09. The molecule has 1 saturated carbocycles. The lowest BCUT2D eigenvalue weighted by Crippen LogP contribution is -2.26. The fraction of sp³-hybridized carbons (Fsp3) is 0.360. The number of imidazole rings is 1. The smallest absolute Gasteiger partial charge is 0.274 e. The molecule has 0 radical (unpaired) electrons. The first-order valence-electron chi connectivity index (χ1n) is 11.5. The summed E-state index contributed by atoms with van der Waals surface area (Å²) in [7, 11) is 0. The molecule has 33 heavy (non-hydrogen) atoms. The minimum atomic E-state index is -0.285. The third-order valence-corrected chi connectivity index (χ3v) is 6.79. The van der Waals surface area contributed by atoms with E-state index in [4.69, 9.17) is 11.6 Å². The summed E-state index contributed by atoms with van der Waals surface area (Å²) in [4.78, 5) is 37.3. The number of amides is 1. The van der Waals surface area contributed by atoms with Crippen molar-refractivity contribution >= 4 is 34.1 Å². The number of carbonyl (C=O) groups is 1. The number of pyridine rings is 1. The van der Waals surface area contributed by atoms with Crippen LogP contribution >= 0.6 is 11.6 Å². The Labute approximate surface area is 196 Å². The molecule has 3 heterocycles. The molecule has 170 valence electrons. The zero-order valence-electron chi connectivity index (χ0n) is 18.3. The highest BCUT2D eigenvalue weighted by molar-refractivity contribution is 6.34. The van der Waals surface area contributed by atoms with Gasteiger partial charge in [-0.3, -0.25) is 19.0 Å². The van der Waals surface area contributed by atoms with Crippen molar-refractivity contribution in [1.82, 2.24) is 24.7 Å². The minimum Gasteiger partial charge on any atom is -0.352 e. The maximum absolute atomic E-state index is 12.8. The molecular formula is C25H26ClN5O2. The van der Waals surface area contributed by atoms with Gasteiger partial charge in [0.25, 0.3) is 11.5 Å². The Kier molecular flexibility index (Phi) is 6.13. The number of hydrogen-bond acceptors (Lipinski definition) is 4. The monoisotopic (exact) mass is 463 g/mol. The van der Waals surface area contributed by atoms with Crippen molar-refractivity contribution in [3.05, 3.63) is 75.2 Å². The summed E-state index contributed by atoms with van der Waals surface area (Å²) in [5.74, 6) is 1.17. The van der Waals surface area contributed by atoms with E-state index in [2.05, 4.69) is 20.3 Å². The van der Waals surface area contributed by atoms with E-state index in [1.54, 1.807) is 24.5 Å². The molecule has 0 atom stereocenters. The molecule has 0 spiro atoms. The van der Waals surface area contributed by atoms with E-state index in [0.717, 1.165) is 23.5 Å². The summed E-state index contributed by atoms with van der Waals surface area (Å²) in [6.07, 6.45) is 11.0. The van der Waals surface area contributed by atoms with Crippen LogP contribution in [0.1, 0.15) is 54.0 Å². The van der Waals surface area contributed by atoms with E-state index in [-0.39, 0.29) is 11.5 Å². The molecule has 1 aliphatic rings. The number of fused-ring (bicyclic) bond motifs is 3. The first kappa shape index (κ1) is 21.6. The van der Waals surface area contributed by atoms with E-state index >= 15 is 0 Å². The van der Waals surface area contributed by atoms with E-state index in [9.17, 15) is 9.59 Å². The number of rotatable bonds is 6. The second-order valence-electron chi connectivity index (χ2n) is 8.73. The zero-order valence-corrected chi connectivity index (χ0v) is 19.1. The number of aromatic nitrogens is 4. The molecule has 0 aliphatic heterocycles. The number of benzene rings is 1. The highest BCUT2D eigenvalue weighted by Gasteiger charge is 2.20. The van der Waals surface area contributed by atoms with Gasteiger partial charge in [-0.2, -0.15) is 0 Å². The van der Waals surface area contributed by atoms with Crippen molar-refractivity contribution in [2.45, 2.75) is 44.9 Å². The first-order valence-corrected chi connectivity index (χ1v) is 11.9. The van der Waals surface area contributed by atoms with Gasteiger partial charge < -0.3 is 10.3 Å². The van der Waals surface area contributed by atoms with Crippen LogP contribution in [-0.2, 0) is 12.8 Å². The van der Waals surface area contributed by atoms with Crippen LogP contribution < -0.4 is 10.9 Å². The zero-order chi connectivity index (χ0) is 22.8. The number of halogens is 1. The molecule has 1 aromatic carbocycles. The second-order valence-corrected chi connectivity index (χ2v) is 9.14. The molecule has 0 unspecified atom stereocenters. The molecule has 5 rings (SSSR count). The molecule has 1 amide bonds. The average molecular weight is 464 g/mol. The first-order chi connectivity index (χ1) is 16.1. The van der Waals surface area contributed by atoms with E-state index in [1.807, 2.05) is 22.6 Å². The van der Waals surface area contributed by atoms with Gasteiger partial charge in [-0.05, 0) is 30.2 Å². The van der Waals surface area contributed by atoms with Crippen LogP contribution in [0.4, 0.5) is 0 Å². The lowest BCUT2D eigenvalue weighted by Gasteiger charge is -2.21. The molecule has 4 aromatic rings. The molecule has 0 saturated heterocycles. The van der Waals surface area contributed by atoms with Gasteiger partial charge >= 0.3 is 0 Å². The summed E-state index contributed by atoms with van der Waals surface area (Å²) in [5, 5.41) is 3.23. The number of hydrogen-bond donors (Lipinski definition) is 2. The third kappa shape index (κ3) is 4.50. The van der Waals surface area contributed by atoms with Crippen LogP contribution in [0.5, 0.6) is 0 Å². The Morgan fingerprint density at radius 2 is 2.00 bits per heavy atom. The summed E-state index contributed by atoms with van der Waals surface area (Å²) < 4.78 is 1.90. The largest absolute Gasteiger partial charge is 0.352 e. The Hall–Kier alpha value is -3.19. The van der Waals surface area contributed by atoms with Crippen LogP contribution in [0.25, 0.3) is 16.6 Å². The van der Waals surface area contributed by atoms with E-state index < -0.39 is 0 Å². The fourth-order valence-corrected chi connectivity index (χ4v) is 5.01. The van der Waals surface area contributed by atoms with Gasteiger partial charge in [-0.25, -0.2) is 4.98 Å². The van der Waals surface area contributed by atoms with Crippen molar-refractivity contribution in [3.8, 4) is 0 Å². The van der Waals surface area contributed by atoms with Gasteiger partial charge in [0.15, 0.2) is 0 Å². The predicted molar refractivity (Wildman–Crippen MR) is 129 cm³/mol. The highest BCUT2D eigenvalue weighted by atomic mass is 35.5. The van der Waals surface area contributed by atoms with E-state index in [1.165, 1.54) is 32.1 Å². The number of nitrogens with one attached hydrogen (secondary N) is 2. The number of H-pyrrole nitrogens is 1. The summed E-state index contributed by atoms with van der Waals surface area (Å²) in [6.45, 7) is 0.437. The Morgan fingerprint density at radius 1 is 1.15 bits per heavy atom. The standard InChI is InChI=1S/C25H26ClN5O2/c26-19-14-21-20(13-18(19)24(32)28-11-9-17-8-4-5-10-27-17)30-25(33)22-15-29-23(31(21)22)12-16-6-2-1-3-7-16/h4-5,8,10,13-16H,1-3,6-7,9,11-12H2,(H,28,32)(H,30,33). The molecule has 8 heteroatoms. The number of nitrogens with zero attached hydrogens (tertiary/aromatic N) is 3. The van der Waals surface area contributed by atoms with E-state index in [0.29, 0.717) is 40.5 Å². The number of aromatic amines is 1.